The molecule has 0 unspecified atom stereocenters. The third kappa shape index (κ3) is 5.21. The smallest absolute Gasteiger partial charge is 0.310 e. The number of aromatic nitrogens is 1. The molecule has 1 saturated carbocycles. The number of nitrogens with zero attached hydrogens (tertiary/aromatic N) is 2. The van der Waals surface area contributed by atoms with Gasteiger partial charge in [-0.15, -0.1) is 0 Å². The number of hydrogen-bond donors (Lipinski definition) is 1. The molecule has 0 bridgehead atoms. The molecule has 1 aliphatic heterocycles. The van der Waals surface area contributed by atoms with E-state index in [1.54, 1.807) is 12.3 Å². The fourth-order valence-corrected chi connectivity index (χ4v) is 5.04. The first-order valence-electron chi connectivity index (χ1n) is 12.5. The molecule has 0 atom stereocenters. The summed E-state index contributed by atoms with van der Waals surface area (Å²) in [7, 11) is 1.37. The summed E-state index contributed by atoms with van der Waals surface area (Å²) in [5.41, 5.74) is 10.5. The van der Waals surface area contributed by atoms with E-state index >= 15 is 4.39 Å². The van der Waals surface area contributed by atoms with Crippen LogP contribution in [0.25, 0.3) is 11.1 Å². The second-order valence-corrected chi connectivity index (χ2v) is 9.85. The lowest BCUT2D eigenvalue weighted by molar-refractivity contribution is -0.139. The van der Waals surface area contributed by atoms with Crippen molar-refractivity contribution in [3.05, 3.63) is 77.4 Å². The lowest BCUT2D eigenvalue weighted by atomic mass is 9.93. The molecule has 2 aromatic carbocycles. The molecule has 2 heterocycles. The summed E-state index contributed by atoms with van der Waals surface area (Å²) >= 11 is 0. The van der Waals surface area contributed by atoms with E-state index in [0.29, 0.717) is 16.7 Å². The summed E-state index contributed by atoms with van der Waals surface area (Å²) in [5.74, 6) is -0.0789. The summed E-state index contributed by atoms with van der Waals surface area (Å²) in [6.45, 7) is 2.32. The van der Waals surface area contributed by atoms with Gasteiger partial charge in [0.2, 0.25) is 0 Å². The fourth-order valence-electron chi connectivity index (χ4n) is 5.04. The zero-order chi connectivity index (χ0) is 25.1. The topological polar surface area (TPSA) is 77.7 Å². The average Bonchev–Trinajstić information content (AvgIpc) is 3.67. The van der Waals surface area contributed by atoms with Crippen molar-refractivity contribution in [1.82, 2.24) is 4.98 Å². The first kappa shape index (κ1) is 24.3. The molecule has 188 valence electrons. The summed E-state index contributed by atoms with van der Waals surface area (Å²) in [4.78, 5) is 18.3. The lowest BCUT2D eigenvalue weighted by Gasteiger charge is -2.34. The highest BCUT2D eigenvalue weighted by molar-refractivity contribution is 5.73. The van der Waals surface area contributed by atoms with Crippen LogP contribution in [0.2, 0.25) is 0 Å². The van der Waals surface area contributed by atoms with Gasteiger partial charge in [-0.3, -0.25) is 9.78 Å². The van der Waals surface area contributed by atoms with Crippen molar-refractivity contribution in [3.63, 3.8) is 0 Å². The Kier molecular flexibility index (Phi) is 6.92. The Bertz CT molecular complexity index is 1250. The van der Waals surface area contributed by atoms with Gasteiger partial charge in [0.05, 0.1) is 19.2 Å². The minimum atomic E-state index is -0.386. The summed E-state index contributed by atoms with van der Waals surface area (Å²) in [5, 5.41) is 0. The molecule has 1 aromatic heterocycles. The Morgan fingerprint density at radius 3 is 2.61 bits per heavy atom. The zero-order valence-corrected chi connectivity index (χ0v) is 20.6. The number of hydrogen-bond acceptors (Lipinski definition) is 6. The van der Waals surface area contributed by atoms with Crippen molar-refractivity contribution in [2.24, 2.45) is 11.1 Å². The fraction of sp³-hybridized carbons (Fsp3) is 0.379. The second kappa shape index (κ2) is 10.3. The number of esters is 1. The number of carbonyl (C=O) groups excluding carboxylic acids is 1. The molecule has 1 saturated heterocycles. The van der Waals surface area contributed by atoms with E-state index in [4.69, 9.17) is 15.2 Å². The molecule has 7 heteroatoms. The number of para-hydroxylation sites is 1. The van der Waals surface area contributed by atoms with Crippen LogP contribution in [0.15, 0.2) is 54.7 Å². The van der Waals surface area contributed by atoms with Gasteiger partial charge < -0.3 is 20.1 Å². The summed E-state index contributed by atoms with van der Waals surface area (Å²) < 4.78 is 26.2. The number of ether oxygens (including phenoxy) is 2. The van der Waals surface area contributed by atoms with Crippen LogP contribution >= 0.6 is 0 Å². The van der Waals surface area contributed by atoms with Gasteiger partial charge in [-0.2, -0.15) is 0 Å². The van der Waals surface area contributed by atoms with Gasteiger partial charge in [0.1, 0.15) is 12.4 Å². The second-order valence-electron chi connectivity index (χ2n) is 9.85. The molecule has 5 rings (SSSR count). The third-order valence-electron chi connectivity index (χ3n) is 7.52. The Morgan fingerprint density at radius 1 is 1.11 bits per heavy atom. The number of anilines is 1. The highest BCUT2D eigenvalue weighted by Crippen LogP contribution is 2.54. The average molecular weight is 490 g/mol. The zero-order valence-electron chi connectivity index (χ0n) is 20.6. The van der Waals surface area contributed by atoms with Crippen molar-refractivity contribution in [3.8, 4) is 16.9 Å². The van der Waals surface area contributed by atoms with Crippen molar-refractivity contribution in [2.45, 2.75) is 45.3 Å². The number of halogens is 1. The Balaban J connectivity index is 1.45. The van der Waals surface area contributed by atoms with Gasteiger partial charge in [-0.25, -0.2) is 4.39 Å². The predicted octanol–water partition coefficient (Wildman–Crippen LogP) is 5.02. The van der Waals surface area contributed by atoms with Crippen molar-refractivity contribution in [1.29, 1.82) is 0 Å². The minimum absolute atomic E-state index is 0.0422. The standard InChI is InChI=1S/C29H32FN3O3/c1-35-27(34)17-21-4-2-3-5-26(21)36-19-20-14-22(24-6-11-32-25(18-31)28(24)30)16-23(15-20)33-12-9-29(7-8-29)10-13-33/h2-6,11,14-16H,7-10,12-13,17-19,31H2,1H3. The monoisotopic (exact) mass is 489 g/mol. The van der Waals surface area contributed by atoms with Crippen LogP contribution < -0.4 is 15.4 Å². The molecular weight excluding hydrogens is 457 g/mol. The van der Waals surface area contributed by atoms with Crippen LogP contribution in [0.4, 0.5) is 10.1 Å². The van der Waals surface area contributed by atoms with Crippen LogP contribution in [-0.4, -0.2) is 31.2 Å². The van der Waals surface area contributed by atoms with E-state index in [0.717, 1.165) is 35.5 Å². The summed E-state index contributed by atoms with van der Waals surface area (Å²) in [6, 6.07) is 15.3. The molecule has 2 aliphatic rings. The van der Waals surface area contributed by atoms with Crippen LogP contribution in [0.5, 0.6) is 5.75 Å². The van der Waals surface area contributed by atoms with Gasteiger partial charge in [0.15, 0.2) is 5.82 Å². The van der Waals surface area contributed by atoms with Crippen molar-refractivity contribution in [2.75, 3.05) is 25.1 Å². The number of methoxy groups -OCH3 is 1. The quantitative estimate of drug-likeness (QED) is 0.448. The van der Waals surface area contributed by atoms with Gasteiger partial charge in [-0.1, -0.05) is 18.2 Å². The number of carbonyl (C=O) groups is 1. The highest BCUT2D eigenvalue weighted by atomic mass is 19.1. The van der Waals surface area contributed by atoms with Gasteiger partial charge in [-0.05, 0) is 72.6 Å². The predicted molar refractivity (Wildman–Crippen MR) is 137 cm³/mol. The molecule has 2 fully saturated rings. The molecule has 6 nitrogen and oxygen atoms in total. The third-order valence-corrected chi connectivity index (χ3v) is 7.52. The Morgan fingerprint density at radius 2 is 1.89 bits per heavy atom. The van der Waals surface area contributed by atoms with Crippen molar-refractivity contribution >= 4 is 11.7 Å². The molecular formula is C29H32FN3O3. The number of rotatable bonds is 8. The van der Waals surface area contributed by atoms with E-state index in [2.05, 4.69) is 22.0 Å². The Hall–Kier alpha value is -3.45. The number of pyridine rings is 1. The number of nitrogens with two attached hydrogens (primary N) is 1. The van der Waals surface area contributed by atoms with E-state index in [-0.39, 0.29) is 37.1 Å². The van der Waals surface area contributed by atoms with Crippen LogP contribution in [0.3, 0.4) is 0 Å². The molecule has 1 aliphatic carbocycles. The largest absolute Gasteiger partial charge is 0.489 e. The molecule has 0 amide bonds. The molecule has 3 aromatic rings. The van der Waals surface area contributed by atoms with Gasteiger partial charge in [0, 0.05) is 42.6 Å². The van der Waals surface area contributed by atoms with Gasteiger partial charge >= 0.3 is 5.97 Å². The van der Waals surface area contributed by atoms with E-state index < -0.39 is 0 Å². The Labute approximate surface area is 211 Å². The normalized spacial score (nSPS) is 16.1. The van der Waals surface area contributed by atoms with Crippen LogP contribution in [-0.2, 0) is 29.1 Å². The van der Waals surface area contributed by atoms with Crippen LogP contribution in [0, 0.1) is 11.2 Å². The van der Waals surface area contributed by atoms with Crippen LogP contribution in [0.1, 0.15) is 42.5 Å². The van der Waals surface area contributed by atoms with E-state index in [9.17, 15) is 4.79 Å². The number of piperidine rings is 1. The maximum atomic E-state index is 15.2. The molecule has 36 heavy (non-hydrogen) atoms. The molecule has 1 spiro atoms. The lowest BCUT2D eigenvalue weighted by Crippen LogP contribution is -2.34. The first-order chi connectivity index (χ1) is 17.5. The van der Waals surface area contributed by atoms with Gasteiger partial charge in [0.25, 0.3) is 0 Å². The maximum Gasteiger partial charge on any atom is 0.310 e. The van der Waals surface area contributed by atoms with E-state index in [1.807, 2.05) is 30.3 Å². The number of benzene rings is 2. The first-order valence-corrected chi connectivity index (χ1v) is 12.5. The minimum Gasteiger partial charge on any atom is -0.489 e. The molecule has 2 N–H and O–H groups in total. The van der Waals surface area contributed by atoms with E-state index in [1.165, 1.54) is 32.8 Å². The summed E-state index contributed by atoms with van der Waals surface area (Å²) in [6.07, 6.45) is 6.82. The maximum absolute atomic E-state index is 15.2. The van der Waals surface area contributed by atoms with Crippen molar-refractivity contribution < 1.29 is 18.7 Å². The highest BCUT2D eigenvalue weighted by Gasteiger charge is 2.44. The molecule has 0 radical (unpaired) electrons. The SMILES string of the molecule is COC(=O)Cc1ccccc1OCc1cc(-c2ccnc(CN)c2F)cc(N2CCC3(CC2)CC3)c1.